The van der Waals surface area contributed by atoms with Crippen LogP contribution in [0.25, 0.3) is 0 Å². The van der Waals surface area contributed by atoms with Gasteiger partial charge < -0.3 is 25.4 Å². The molecule has 0 radical (unpaired) electrons. The van der Waals surface area contributed by atoms with Crippen LogP contribution in [-0.2, 0) is 17.9 Å². The van der Waals surface area contributed by atoms with Crippen molar-refractivity contribution < 1.29 is 23.5 Å². The molecule has 30 heavy (non-hydrogen) atoms. The molecule has 2 aromatic carbocycles. The molecule has 7 nitrogen and oxygen atoms in total. The van der Waals surface area contributed by atoms with E-state index in [1.807, 2.05) is 25.1 Å². The summed E-state index contributed by atoms with van der Waals surface area (Å²) in [4.78, 5) is 24.8. The molecule has 8 heteroatoms. The number of amides is 3. The molecule has 1 unspecified atom stereocenters. The van der Waals surface area contributed by atoms with Crippen molar-refractivity contribution in [3.8, 4) is 11.5 Å². The number of carbonyl (C=O) groups excluding carboxylic acids is 2. The van der Waals surface area contributed by atoms with E-state index in [1.165, 1.54) is 12.1 Å². The number of urea groups is 1. The third kappa shape index (κ3) is 6.10. The molecule has 3 N–H and O–H groups in total. The zero-order valence-electron chi connectivity index (χ0n) is 16.9. The van der Waals surface area contributed by atoms with Crippen molar-refractivity contribution in [1.29, 1.82) is 0 Å². The molecule has 0 bridgehead atoms. The highest BCUT2D eigenvalue weighted by Gasteiger charge is 2.20. The summed E-state index contributed by atoms with van der Waals surface area (Å²) < 4.78 is 24.0. The van der Waals surface area contributed by atoms with E-state index in [0.29, 0.717) is 37.7 Å². The highest BCUT2D eigenvalue weighted by molar-refractivity contribution is 5.87. The second-order valence-corrected chi connectivity index (χ2v) is 6.99. The van der Waals surface area contributed by atoms with Crippen molar-refractivity contribution in [2.75, 3.05) is 13.2 Å². The standard InChI is InChI=1S/C22H26FN3O4/c1-2-3-18(26-22(28)25-13-15-4-7-17(23)8-5-15)21(27)24-14-16-6-9-19-20(12-16)30-11-10-29-19/h4-9,12,18H,2-3,10-11,13-14H2,1H3,(H,24,27)(H2,25,26,28). The van der Waals surface area contributed by atoms with E-state index in [-0.39, 0.29) is 18.3 Å². The highest BCUT2D eigenvalue weighted by atomic mass is 19.1. The Morgan fingerprint density at radius 1 is 0.967 bits per heavy atom. The summed E-state index contributed by atoms with van der Waals surface area (Å²) in [7, 11) is 0. The predicted octanol–water partition coefficient (Wildman–Crippen LogP) is 2.88. The van der Waals surface area contributed by atoms with Gasteiger partial charge in [-0.2, -0.15) is 0 Å². The normalized spacial score (nSPS) is 13.3. The Morgan fingerprint density at radius 3 is 2.37 bits per heavy atom. The third-order valence-corrected chi connectivity index (χ3v) is 4.64. The number of hydrogen-bond donors (Lipinski definition) is 3. The Labute approximate surface area is 174 Å². The summed E-state index contributed by atoms with van der Waals surface area (Å²) in [6.45, 7) is 3.52. The molecule has 0 aliphatic carbocycles. The predicted molar refractivity (Wildman–Crippen MR) is 110 cm³/mol. The summed E-state index contributed by atoms with van der Waals surface area (Å²) >= 11 is 0. The molecule has 0 saturated heterocycles. The molecular formula is C22H26FN3O4. The second kappa shape index (κ2) is 10.5. The highest BCUT2D eigenvalue weighted by Crippen LogP contribution is 2.30. The Morgan fingerprint density at radius 2 is 1.63 bits per heavy atom. The van der Waals surface area contributed by atoms with Gasteiger partial charge in [-0.05, 0) is 41.8 Å². The van der Waals surface area contributed by atoms with Gasteiger partial charge in [-0.1, -0.05) is 31.5 Å². The molecule has 3 amide bonds. The first-order chi connectivity index (χ1) is 14.5. The summed E-state index contributed by atoms with van der Waals surface area (Å²) in [6.07, 6.45) is 1.25. The number of carbonyl (C=O) groups is 2. The number of benzene rings is 2. The van der Waals surface area contributed by atoms with Crippen LogP contribution in [0.1, 0.15) is 30.9 Å². The molecule has 1 heterocycles. The SMILES string of the molecule is CCCC(NC(=O)NCc1ccc(F)cc1)C(=O)NCc1ccc2c(c1)OCCO2. The zero-order chi connectivity index (χ0) is 21.3. The van der Waals surface area contributed by atoms with Gasteiger partial charge in [0.15, 0.2) is 11.5 Å². The van der Waals surface area contributed by atoms with Gasteiger partial charge in [0.25, 0.3) is 0 Å². The van der Waals surface area contributed by atoms with Gasteiger partial charge in [0.2, 0.25) is 5.91 Å². The molecule has 1 aliphatic rings. The Balaban J connectivity index is 1.49. The number of fused-ring (bicyclic) bond motifs is 1. The van der Waals surface area contributed by atoms with Crippen LogP contribution in [0, 0.1) is 5.82 Å². The molecule has 160 valence electrons. The fraction of sp³-hybridized carbons (Fsp3) is 0.364. The van der Waals surface area contributed by atoms with Crippen LogP contribution < -0.4 is 25.4 Å². The lowest BCUT2D eigenvalue weighted by molar-refractivity contribution is -0.123. The Bertz CT molecular complexity index is 873. The Hall–Kier alpha value is -3.29. The van der Waals surface area contributed by atoms with Crippen LogP contribution in [0.15, 0.2) is 42.5 Å². The van der Waals surface area contributed by atoms with E-state index < -0.39 is 12.1 Å². The quantitative estimate of drug-likeness (QED) is 0.619. The van der Waals surface area contributed by atoms with Gasteiger partial charge in [-0.3, -0.25) is 4.79 Å². The molecule has 1 atom stereocenters. The van der Waals surface area contributed by atoms with Crippen molar-refractivity contribution in [2.45, 2.75) is 38.9 Å². The minimum atomic E-state index is -0.652. The van der Waals surface area contributed by atoms with Crippen LogP contribution in [0.2, 0.25) is 0 Å². The monoisotopic (exact) mass is 415 g/mol. The van der Waals surface area contributed by atoms with Crippen molar-refractivity contribution in [1.82, 2.24) is 16.0 Å². The maximum absolute atomic E-state index is 13.0. The van der Waals surface area contributed by atoms with E-state index in [0.717, 1.165) is 17.5 Å². The molecule has 1 aliphatic heterocycles. The maximum Gasteiger partial charge on any atom is 0.315 e. The first kappa shape index (κ1) is 21.4. The minimum absolute atomic E-state index is 0.240. The van der Waals surface area contributed by atoms with E-state index in [9.17, 15) is 14.0 Å². The van der Waals surface area contributed by atoms with E-state index in [1.54, 1.807) is 12.1 Å². The fourth-order valence-corrected chi connectivity index (χ4v) is 3.06. The lowest BCUT2D eigenvalue weighted by atomic mass is 10.1. The molecule has 3 rings (SSSR count). The second-order valence-electron chi connectivity index (χ2n) is 6.99. The lowest BCUT2D eigenvalue weighted by Crippen LogP contribution is -2.49. The number of nitrogens with one attached hydrogen (secondary N) is 3. The molecule has 0 saturated carbocycles. The van der Waals surface area contributed by atoms with Gasteiger partial charge in [-0.15, -0.1) is 0 Å². The first-order valence-corrected chi connectivity index (χ1v) is 10.00. The topological polar surface area (TPSA) is 88.7 Å². The van der Waals surface area contributed by atoms with Gasteiger partial charge in [0.05, 0.1) is 0 Å². The lowest BCUT2D eigenvalue weighted by Gasteiger charge is -2.20. The van der Waals surface area contributed by atoms with Crippen LogP contribution in [0.3, 0.4) is 0 Å². The first-order valence-electron chi connectivity index (χ1n) is 10.00. The Kier molecular flexibility index (Phi) is 7.48. The molecule has 0 fully saturated rings. The van der Waals surface area contributed by atoms with E-state index in [2.05, 4.69) is 16.0 Å². The van der Waals surface area contributed by atoms with Gasteiger partial charge in [0.1, 0.15) is 25.1 Å². The van der Waals surface area contributed by atoms with Crippen LogP contribution in [0.5, 0.6) is 11.5 Å². The van der Waals surface area contributed by atoms with Crippen LogP contribution in [0.4, 0.5) is 9.18 Å². The molecule has 2 aromatic rings. The zero-order valence-corrected chi connectivity index (χ0v) is 16.9. The number of hydrogen-bond acceptors (Lipinski definition) is 4. The van der Waals surface area contributed by atoms with Gasteiger partial charge in [-0.25, -0.2) is 9.18 Å². The third-order valence-electron chi connectivity index (χ3n) is 4.64. The van der Waals surface area contributed by atoms with E-state index in [4.69, 9.17) is 9.47 Å². The summed E-state index contributed by atoms with van der Waals surface area (Å²) in [5.74, 6) is 0.764. The van der Waals surface area contributed by atoms with Crippen molar-refractivity contribution in [3.05, 3.63) is 59.4 Å². The van der Waals surface area contributed by atoms with Crippen molar-refractivity contribution in [3.63, 3.8) is 0 Å². The fourth-order valence-electron chi connectivity index (χ4n) is 3.06. The van der Waals surface area contributed by atoms with Gasteiger partial charge in [0, 0.05) is 13.1 Å². The molecule has 0 spiro atoms. The van der Waals surface area contributed by atoms with Gasteiger partial charge >= 0.3 is 6.03 Å². The smallest absolute Gasteiger partial charge is 0.315 e. The number of halogens is 1. The summed E-state index contributed by atoms with van der Waals surface area (Å²) in [5, 5.41) is 8.25. The number of ether oxygens (including phenoxy) is 2. The van der Waals surface area contributed by atoms with Crippen LogP contribution in [-0.4, -0.2) is 31.2 Å². The van der Waals surface area contributed by atoms with Crippen molar-refractivity contribution >= 4 is 11.9 Å². The summed E-state index contributed by atoms with van der Waals surface area (Å²) in [5.41, 5.74) is 1.64. The summed E-state index contributed by atoms with van der Waals surface area (Å²) in [6, 6.07) is 10.3. The maximum atomic E-state index is 13.0. The minimum Gasteiger partial charge on any atom is -0.486 e. The number of rotatable bonds is 8. The van der Waals surface area contributed by atoms with Crippen molar-refractivity contribution in [2.24, 2.45) is 0 Å². The largest absolute Gasteiger partial charge is 0.486 e. The van der Waals surface area contributed by atoms with Crippen LogP contribution >= 0.6 is 0 Å². The molecular weight excluding hydrogens is 389 g/mol. The molecule has 0 aromatic heterocycles. The average molecular weight is 415 g/mol. The van der Waals surface area contributed by atoms with E-state index >= 15 is 0 Å². The average Bonchev–Trinajstić information content (AvgIpc) is 2.76.